The molecule has 2 N–H and O–H groups in total. The highest BCUT2D eigenvalue weighted by Crippen LogP contribution is 2.39. The van der Waals surface area contributed by atoms with Crippen molar-refractivity contribution in [1.29, 1.82) is 5.26 Å². The summed E-state index contributed by atoms with van der Waals surface area (Å²) >= 11 is 0.983. The predicted molar refractivity (Wildman–Crippen MR) is 116 cm³/mol. The molecule has 0 bridgehead atoms. The maximum atomic E-state index is 14.6. The molecule has 1 aliphatic heterocycles. The molecule has 0 unspecified atom stereocenters. The van der Waals surface area contributed by atoms with E-state index in [9.17, 15) is 22.4 Å². The smallest absolute Gasteiger partial charge is 0.420 e. The van der Waals surface area contributed by atoms with E-state index in [1.54, 1.807) is 6.07 Å². The molecule has 1 amide bonds. The van der Waals surface area contributed by atoms with Gasteiger partial charge in [0.15, 0.2) is 16.7 Å². The van der Waals surface area contributed by atoms with E-state index in [1.807, 2.05) is 0 Å². The summed E-state index contributed by atoms with van der Waals surface area (Å²) in [7, 11) is 0. The van der Waals surface area contributed by atoms with Crippen LogP contribution in [-0.2, 0) is 11.0 Å². The molecule has 1 heterocycles. The van der Waals surface area contributed by atoms with Crippen LogP contribution in [0.2, 0.25) is 0 Å². The molecule has 0 spiro atoms. The molecular weight excluding hydrogens is 478 g/mol. The first-order valence-electron chi connectivity index (χ1n) is 9.74. The van der Waals surface area contributed by atoms with Crippen molar-refractivity contribution in [3.05, 3.63) is 63.8 Å². The van der Waals surface area contributed by atoms with Gasteiger partial charge in [-0.25, -0.2) is 4.39 Å². The number of rotatable bonds is 7. The molecule has 2 aromatic carbocycles. The summed E-state index contributed by atoms with van der Waals surface area (Å²) in [5, 5.41) is 27.4. The number of nitriles is 1. The molecule has 34 heavy (non-hydrogen) atoms. The van der Waals surface area contributed by atoms with E-state index >= 15 is 0 Å². The molecule has 0 atom stereocenters. The standard InChI is InChI=1S/C22H17F4N3O4S/c23-16-10-13(11-19-20(32)28-21(34-19)29(5-7-30)6-8-31)1-4-18(16)33-17-3-2-14(12-27)9-15(17)22(24,25)26/h1-4,9-11,30-31H,5-8H2/b19-11-. The number of ether oxygens (including phenoxy) is 1. The van der Waals surface area contributed by atoms with Crippen LogP contribution in [0.15, 0.2) is 46.3 Å². The lowest BCUT2D eigenvalue weighted by Gasteiger charge is -2.20. The number of carbonyl (C=O) groups excluding carboxylic acids is 1. The average molecular weight is 495 g/mol. The Labute approximate surface area is 195 Å². The Hall–Kier alpha value is -3.40. The minimum atomic E-state index is -4.82. The van der Waals surface area contributed by atoms with Gasteiger partial charge in [-0.15, -0.1) is 0 Å². The highest BCUT2D eigenvalue weighted by atomic mass is 32.2. The van der Waals surface area contributed by atoms with Crippen molar-refractivity contribution in [2.24, 2.45) is 4.99 Å². The van der Waals surface area contributed by atoms with Crippen LogP contribution in [0.5, 0.6) is 11.5 Å². The Morgan fingerprint density at radius 3 is 2.38 bits per heavy atom. The Morgan fingerprint density at radius 2 is 1.79 bits per heavy atom. The summed E-state index contributed by atoms with van der Waals surface area (Å²) in [6.07, 6.45) is -3.46. The molecule has 0 saturated carbocycles. The molecule has 3 rings (SSSR count). The molecule has 0 radical (unpaired) electrons. The van der Waals surface area contributed by atoms with Gasteiger partial charge in [0.2, 0.25) is 0 Å². The minimum absolute atomic E-state index is 0.156. The van der Waals surface area contributed by atoms with Crippen molar-refractivity contribution in [2.45, 2.75) is 6.18 Å². The third-order valence-corrected chi connectivity index (χ3v) is 5.55. The van der Waals surface area contributed by atoms with Gasteiger partial charge in [0, 0.05) is 13.1 Å². The van der Waals surface area contributed by atoms with Crippen LogP contribution < -0.4 is 4.74 Å². The van der Waals surface area contributed by atoms with Crippen LogP contribution in [0.25, 0.3) is 6.08 Å². The fourth-order valence-electron chi connectivity index (χ4n) is 2.95. The maximum Gasteiger partial charge on any atom is 0.420 e. The third kappa shape index (κ3) is 5.93. The van der Waals surface area contributed by atoms with Crippen molar-refractivity contribution in [3.8, 4) is 17.6 Å². The fourth-order valence-corrected chi connectivity index (χ4v) is 3.91. The van der Waals surface area contributed by atoms with E-state index in [-0.39, 0.29) is 47.5 Å². The molecule has 0 fully saturated rings. The second-order valence-corrected chi connectivity index (χ2v) is 7.87. The van der Waals surface area contributed by atoms with Gasteiger partial charge in [-0.05, 0) is 53.7 Å². The number of amides is 1. The van der Waals surface area contributed by atoms with Gasteiger partial charge < -0.3 is 19.8 Å². The number of hydrogen-bond acceptors (Lipinski definition) is 7. The lowest BCUT2D eigenvalue weighted by atomic mass is 10.1. The van der Waals surface area contributed by atoms with Crippen LogP contribution in [-0.4, -0.2) is 52.5 Å². The summed E-state index contributed by atoms with van der Waals surface area (Å²) < 4.78 is 59.7. The van der Waals surface area contributed by atoms with E-state index < -0.39 is 35.0 Å². The zero-order valence-electron chi connectivity index (χ0n) is 17.3. The number of thioether (sulfide) groups is 1. The summed E-state index contributed by atoms with van der Waals surface area (Å²) in [6.45, 7) is -0.116. The second-order valence-electron chi connectivity index (χ2n) is 6.86. The molecule has 178 valence electrons. The normalized spacial score (nSPS) is 14.8. The van der Waals surface area contributed by atoms with E-state index in [2.05, 4.69) is 4.99 Å². The topological polar surface area (TPSA) is 106 Å². The van der Waals surface area contributed by atoms with Gasteiger partial charge in [-0.2, -0.15) is 23.4 Å². The fraction of sp³-hybridized carbons (Fsp3) is 0.227. The Morgan fingerprint density at radius 1 is 1.12 bits per heavy atom. The number of aliphatic hydroxyl groups excluding tert-OH is 2. The van der Waals surface area contributed by atoms with Crippen molar-refractivity contribution in [3.63, 3.8) is 0 Å². The summed E-state index contributed by atoms with van der Waals surface area (Å²) in [5.41, 5.74) is -1.20. The number of halogens is 4. The maximum absolute atomic E-state index is 14.6. The summed E-state index contributed by atoms with van der Waals surface area (Å²) in [4.78, 5) is 17.8. The zero-order chi connectivity index (χ0) is 24.9. The van der Waals surface area contributed by atoms with E-state index in [1.165, 1.54) is 17.0 Å². The van der Waals surface area contributed by atoms with Crippen LogP contribution in [0.1, 0.15) is 16.7 Å². The monoisotopic (exact) mass is 495 g/mol. The summed E-state index contributed by atoms with van der Waals surface area (Å²) in [5.74, 6) is -2.69. The zero-order valence-corrected chi connectivity index (χ0v) is 18.2. The first-order chi connectivity index (χ1) is 16.2. The highest BCUT2D eigenvalue weighted by Gasteiger charge is 2.35. The third-order valence-electron chi connectivity index (χ3n) is 4.51. The first kappa shape index (κ1) is 25.2. The number of amidine groups is 1. The Kier molecular flexibility index (Phi) is 7.93. The number of alkyl halides is 3. The number of nitrogens with zero attached hydrogens (tertiary/aromatic N) is 3. The second kappa shape index (κ2) is 10.7. The molecule has 2 aromatic rings. The lowest BCUT2D eigenvalue weighted by Crippen LogP contribution is -2.33. The number of aliphatic hydroxyl groups is 2. The number of benzene rings is 2. The Bertz CT molecular complexity index is 1190. The van der Waals surface area contributed by atoms with Crippen LogP contribution in [0.4, 0.5) is 17.6 Å². The van der Waals surface area contributed by atoms with Crippen molar-refractivity contribution >= 4 is 28.9 Å². The lowest BCUT2D eigenvalue weighted by molar-refractivity contribution is -0.138. The first-order valence-corrected chi connectivity index (χ1v) is 10.6. The predicted octanol–water partition coefficient (Wildman–Crippen LogP) is 3.77. The number of aliphatic imine (C=N–C) groups is 1. The molecule has 12 heteroatoms. The molecule has 0 saturated heterocycles. The van der Waals surface area contributed by atoms with Gasteiger partial charge >= 0.3 is 6.18 Å². The SMILES string of the molecule is N#Cc1ccc(Oc2ccc(/C=C3\SC(N(CCO)CCO)=NC3=O)cc2F)c(C(F)(F)F)c1. The van der Waals surface area contributed by atoms with E-state index in [0.717, 1.165) is 36.0 Å². The minimum Gasteiger partial charge on any atom is -0.454 e. The van der Waals surface area contributed by atoms with Gasteiger partial charge in [0.25, 0.3) is 5.91 Å². The van der Waals surface area contributed by atoms with Crippen molar-refractivity contribution < 1.29 is 37.3 Å². The van der Waals surface area contributed by atoms with Gasteiger partial charge in [0.05, 0.1) is 35.3 Å². The van der Waals surface area contributed by atoms with Gasteiger partial charge in [-0.1, -0.05) is 6.07 Å². The molecule has 0 aromatic heterocycles. The van der Waals surface area contributed by atoms with Gasteiger partial charge in [0.1, 0.15) is 5.75 Å². The Balaban J connectivity index is 1.81. The molecular formula is C22H17F4N3O4S. The quantitative estimate of drug-likeness (QED) is 0.445. The van der Waals surface area contributed by atoms with Crippen LogP contribution in [0, 0.1) is 17.1 Å². The van der Waals surface area contributed by atoms with Crippen LogP contribution >= 0.6 is 11.8 Å². The van der Waals surface area contributed by atoms with E-state index in [4.69, 9.17) is 20.2 Å². The largest absolute Gasteiger partial charge is 0.454 e. The van der Waals surface area contributed by atoms with Crippen molar-refractivity contribution in [2.75, 3.05) is 26.3 Å². The molecule has 7 nitrogen and oxygen atoms in total. The average Bonchev–Trinajstić information content (AvgIpc) is 3.15. The molecule has 0 aliphatic carbocycles. The number of hydrogen-bond donors (Lipinski definition) is 2. The number of carbonyl (C=O) groups is 1. The highest BCUT2D eigenvalue weighted by molar-refractivity contribution is 8.18. The van der Waals surface area contributed by atoms with Crippen molar-refractivity contribution in [1.82, 2.24) is 4.90 Å². The van der Waals surface area contributed by atoms with Gasteiger partial charge in [-0.3, -0.25) is 4.79 Å². The van der Waals surface area contributed by atoms with Crippen LogP contribution in [0.3, 0.4) is 0 Å². The van der Waals surface area contributed by atoms with E-state index in [0.29, 0.717) is 6.07 Å². The summed E-state index contributed by atoms with van der Waals surface area (Å²) in [6, 6.07) is 7.75. The molecule has 1 aliphatic rings.